The zero-order valence-electron chi connectivity index (χ0n) is 9.44. The number of nitrogens with zero attached hydrogens (tertiary/aromatic N) is 1. The van der Waals surface area contributed by atoms with Crippen LogP contribution in [-0.2, 0) is 4.74 Å². The van der Waals surface area contributed by atoms with Gasteiger partial charge in [-0.25, -0.2) is 18.6 Å². The van der Waals surface area contributed by atoms with E-state index in [-0.39, 0.29) is 18.3 Å². The Balaban J connectivity index is 2.38. The number of ether oxygens (including phenoxy) is 1. The molecule has 0 amide bonds. The van der Waals surface area contributed by atoms with Crippen LogP contribution in [0.25, 0.3) is 11.5 Å². The Bertz CT molecular complexity index is 560. The number of aromatic nitrogens is 1. The molecule has 1 aromatic heterocycles. The van der Waals surface area contributed by atoms with Gasteiger partial charge in [-0.05, 0) is 19.1 Å². The van der Waals surface area contributed by atoms with Crippen molar-refractivity contribution in [2.45, 2.75) is 6.92 Å². The molecule has 0 aliphatic carbocycles. The van der Waals surface area contributed by atoms with Crippen molar-refractivity contribution >= 4 is 5.97 Å². The largest absolute Gasteiger partial charge is 0.460 e. The average Bonchev–Trinajstić information content (AvgIpc) is 2.78. The van der Waals surface area contributed by atoms with Crippen molar-refractivity contribution in [1.82, 2.24) is 4.98 Å². The van der Waals surface area contributed by atoms with Crippen LogP contribution in [0.2, 0.25) is 0 Å². The molecule has 18 heavy (non-hydrogen) atoms. The number of rotatable bonds is 3. The molecule has 0 aliphatic rings. The number of carbonyl (C=O) groups excluding carboxylic acids is 1. The highest BCUT2D eigenvalue weighted by molar-refractivity contribution is 5.86. The average molecular weight is 253 g/mol. The molecule has 0 spiro atoms. The summed E-state index contributed by atoms with van der Waals surface area (Å²) in [4.78, 5) is 15.0. The van der Waals surface area contributed by atoms with Gasteiger partial charge >= 0.3 is 5.97 Å². The summed E-state index contributed by atoms with van der Waals surface area (Å²) in [5.74, 6) is -2.85. The van der Waals surface area contributed by atoms with Crippen molar-refractivity contribution in [1.29, 1.82) is 0 Å². The Kier molecular flexibility index (Phi) is 3.36. The summed E-state index contributed by atoms with van der Waals surface area (Å²) in [6.07, 6.45) is 1.07. The summed E-state index contributed by atoms with van der Waals surface area (Å²) >= 11 is 0. The van der Waals surface area contributed by atoms with E-state index in [1.54, 1.807) is 6.92 Å². The van der Waals surface area contributed by atoms with E-state index in [9.17, 15) is 13.6 Å². The van der Waals surface area contributed by atoms with Crippen molar-refractivity contribution in [2.75, 3.05) is 6.61 Å². The van der Waals surface area contributed by atoms with Gasteiger partial charge in [-0.1, -0.05) is 6.07 Å². The number of halogens is 2. The molecule has 0 atom stereocenters. The second-order valence-corrected chi connectivity index (χ2v) is 3.35. The van der Waals surface area contributed by atoms with E-state index in [0.717, 1.165) is 18.3 Å². The van der Waals surface area contributed by atoms with Gasteiger partial charge in [0.1, 0.15) is 17.2 Å². The lowest BCUT2D eigenvalue weighted by atomic mass is 10.2. The van der Waals surface area contributed by atoms with Gasteiger partial charge in [-0.2, -0.15) is 0 Å². The molecule has 2 rings (SSSR count). The van der Waals surface area contributed by atoms with E-state index in [4.69, 9.17) is 4.42 Å². The maximum Gasteiger partial charge on any atom is 0.375 e. The zero-order valence-corrected chi connectivity index (χ0v) is 9.44. The highest BCUT2D eigenvalue weighted by atomic mass is 19.1. The van der Waals surface area contributed by atoms with Crippen LogP contribution in [0.3, 0.4) is 0 Å². The fourth-order valence-electron chi connectivity index (χ4n) is 1.39. The van der Waals surface area contributed by atoms with Crippen LogP contribution in [-0.4, -0.2) is 17.6 Å². The minimum absolute atomic E-state index is 0.170. The summed E-state index contributed by atoms with van der Waals surface area (Å²) in [5.41, 5.74) is -0.409. The maximum atomic E-state index is 13.4. The SMILES string of the molecule is CCOC(=O)c1cnc(-c2c(F)cccc2F)o1. The molecule has 6 heteroatoms. The molecule has 0 aliphatic heterocycles. The lowest BCUT2D eigenvalue weighted by Gasteiger charge is -1.99. The van der Waals surface area contributed by atoms with Gasteiger partial charge < -0.3 is 9.15 Å². The Morgan fingerprint density at radius 2 is 2.06 bits per heavy atom. The van der Waals surface area contributed by atoms with Crippen LogP contribution in [0.5, 0.6) is 0 Å². The number of benzene rings is 1. The molecule has 4 nitrogen and oxygen atoms in total. The number of carbonyl (C=O) groups is 1. The van der Waals surface area contributed by atoms with Gasteiger partial charge in [-0.3, -0.25) is 0 Å². The van der Waals surface area contributed by atoms with Gasteiger partial charge in [0.25, 0.3) is 0 Å². The van der Waals surface area contributed by atoms with Crippen molar-refractivity contribution in [3.63, 3.8) is 0 Å². The molecule has 0 N–H and O–H groups in total. The molecule has 1 aromatic carbocycles. The predicted octanol–water partition coefficient (Wildman–Crippen LogP) is 2.80. The lowest BCUT2D eigenvalue weighted by molar-refractivity contribution is 0.0491. The van der Waals surface area contributed by atoms with Gasteiger partial charge in [0.05, 0.1) is 12.8 Å². The summed E-state index contributed by atoms with van der Waals surface area (Å²) < 4.78 is 36.5. The molecular formula is C12H9F2NO3. The fourth-order valence-corrected chi connectivity index (χ4v) is 1.39. The summed E-state index contributed by atoms with van der Waals surface area (Å²) in [6.45, 7) is 1.80. The lowest BCUT2D eigenvalue weighted by Crippen LogP contribution is -2.02. The molecule has 2 aromatic rings. The third-order valence-electron chi connectivity index (χ3n) is 2.16. The van der Waals surface area contributed by atoms with Crippen LogP contribution < -0.4 is 0 Å². The number of hydrogen-bond donors (Lipinski definition) is 0. The first-order valence-corrected chi connectivity index (χ1v) is 5.20. The van der Waals surface area contributed by atoms with Gasteiger partial charge in [0, 0.05) is 0 Å². The Morgan fingerprint density at radius 1 is 1.39 bits per heavy atom. The van der Waals surface area contributed by atoms with Crippen LogP contribution >= 0.6 is 0 Å². The molecule has 0 fully saturated rings. The third-order valence-corrected chi connectivity index (χ3v) is 2.16. The monoisotopic (exact) mass is 253 g/mol. The van der Waals surface area contributed by atoms with E-state index < -0.39 is 23.2 Å². The first-order valence-electron chi connectivity index (χ1n) is 5.20. The van der Waals surface area contributed by atoms with E-state index in [1.807, 2.05) is 0 Å². The zero-order chi connectivity index (χ0) is 13.1. The minimum atomic E-state index is -0.813. The summed E-state index contributed by atoms with van der Waals surface area (Å²) in [5, 5.41) is 0. The van der Waals surface area contributed by atoms with Gasteiger partial charge in [-0.15, -0.1) is 0 Å². The second-order valence-electron chi connectivity index (χ2n) is 3.35. The standard InChI is InChI=1S/C12H9F2NO3/c1-2-17-12(16)9-6-15-11(18-9)10-7(13)4-3-5-8(10)14/h3-6H,2H2,1H3. The molecule has 0 saturated heterocycles. The summed E-state index contributed by atoms with van der Waals surface area (Å²) in [7, 11) is 0. The molecule has 0 saturated carbocycles. The molecule has 0 radical (unpaired) electrons. The highest BCUT2D eigenvalue weighted by Gasteiger charge is 2.19. The van der Waals surface area contributed by atoms with Crippen molar-refractivity contribution in [3.05, 3.63) is 41.8 Å². The smallest absolute Gasteiger partial charge is 0.375 e. The normalized spacial score (nSPS) is 10.4. The maximum absolute atomic E-state index is 13.4. The predicted molar refractivity (Wildman–Crippen MR) is 57.8 cm³/mol. The van der Waals surface area contributed by atoms with Crippen molar-refractivity contribution in [3.8, 4) is 11.5 Å². The second kappa shape index (κ2) is 4.95. The van der Waals surface area contributed by atoms with Gasteiger partial charge in [0.2, 0.25) is 11.7 Å². The van der Waals surface area contributed by atoms with Crippen LogP contribution in [0.4, 0.5) is 8.78 Å². The molecule has 1 heterocycles. The van der Waals surface area contributed by atoms with Crippen LogP contribution in [0, 0.1) is 11.6 Å². The van der Waals surface area contributed by atoms with E-state index in [1.165, 1.54) is 6.07 Å². The molecule has 0 bridgehead atoms. The first-order chi connectivity index (χ1) is 8.63. The third kappa shape index (κ3) is 2.22. The summed E-state index contributed by atoms with van der Waals surface area (Å²) in [6, 6.07) is 3.38. The fraction of sp³-hybridized carbons (Fsp3) is 0.167. The van der Waals surface area contributed by atoms with Crippen molar-refractivity contribution < 1.29 is 22.7 Å². The molecular weight excluding hydrogens is 244 g/mol. The number of esters is 1. The topological polar surface area (TPSA) is 52.3 Å². The Morgan fingerprint density at radius 3 is 2.67 bits per heavy atom. The van der Waals surface area contributed by atoms with E-state index in [2.05, 4.69) is 9.72 Å². The Hall–Kier alpha value is -2.24. The minimum Gasteiger partial charge on any atom is -0.460 e. The number of hydrogen-bond acceptors (Lipinski definition) is 4. The van der Waals surface area contributed by atoms with Crippen molar-refractivity contribution in [2.24, 2.45) is 0 Å². The molecule has 94 valence electrons. The van der Waals surface area contributed by atoms with E-state index >= 15 is 0 Å². The molecule has 0 unspecified atom stereocenters. The van der Waals surface area contributed by atoms with Crippen LogP contribution in [0.15, 0.2) is 28.8 Å². The van der Waals surface area contributed by atoms with Gasteiger partial charge in [0.15, 0.2) is 0 Å². The quantitative estimate of drug-likeness (QED) is 0.789. The number of oxazole rings is 1. The first kappa shape index (κ1) is 12.2. The Labute approximate surface area is 101 Å². The highest BCUT2D eigenvalue weighted by Crippen LogP contribution is 2.25. The van der Waals surface area contributed by atoms with Crippen LogP contribution in [0.1, 0.15) is 17.5 Å². The van der Waals surface area contributed by atoms with E-state index in [0.29, 0.717) is 0 Å².